The fourth-order valence-electron chi connectivity index (χ4n) is 5.27. The molecular weight excluding hydrogens is 458 g/mol. The van der Waals surface area contributed by atoms with Gasteiger partial charge in [0, 0.05) is 48.4 Å². The average molecular weight is 486 g/mol. The molecule has 2 unspecified atom stereocenters. The molecule has 1 saturated carbocycles. The van der Waals surface area contributed by atoms with E-state index in [1.165, 1.54) is 0 Å². The van der Waals surface area contributed by atoms with Gasteiger partial charge in [0.15, 0.2) is 5.01 Å². The van der Waals surface area contributed by atoms with E-state index in [1.807, 2.05) is 35.0 Å². The summed E-state index contributed by atoms with van der Waals surface area (Å²) in [4.78, 5) is 7.06. The molecule has 2 bridgehead atoms. The van der Waals surface area contributed by atoms with Crippen LogP contribution in [0, 0.1) is 24.2 Å². The average Bonchev–Trinajstić information content (AvgIpc) is 3.54. The Balaban J connectivity index is 1.34. The number of aromatic nitrogens is 5. The summed E-state index contributed by atoms with van der Waals surface area (Å²) < 4.78 is 1.85. The summed E-state index contributed by atoms with van der Waals surface area (Å²) in [6, 6.07) is 8.22. The minimum Gasteiger partial charge on any atom is -0.392 e. The van der Waals surface area contributed by atoms with Crippen LogP contribution in [-0.2, 0) is 0 Å². The standard InChI is InChI=1S/C26H27N7OS/c1-4-16-9-19-7-8-23(33(19)28-11-16)22-10-21(29-15(2)3)20(12-27-22)25-30-31-26(35-25)32-13-17-5-6-18(14-32)24(17)34/h1,7-12,15,17-18,24,34H,5-6,13-14H2,2-3H3,(H,27,29). The molecule has 8 nitrogen and oxygen atoms in total. The number of pyridine rings is 1. The van der Waals surface area contributed by atoms with E-state index >= 15 is 0 Å². The molecule has 178 valence electrons. The molecule has 0 spiro atoms. The van der Waals surface area contributed by atoms with Gasteiger partial charge in [-0.2, -0.15) is 5.10 Å². The Morgan fingerprint density at radius 3 is 2.69 bits per heavy atom. The normalized spacial score (nSPS) is 21.6. The highest BCUT2D eigenvalue weighted by Gasteiger charge is 2.41. The quantitative estimate of drug-likeness (QED) is 0.414. The van der Waals surface area contributed by atoms with E-state index in [4.69, 9.17) is 11.4 Å². The number of aliphatic hydroxyl groups excluding tert-OH is 1. The molecule has 35 heavy (non-hydrogen) atoms. The van der Waals surface area contributed by atoms with Gasteiger partial charge in [-0.3, -0.25) is 4.98 Å². The number of fused-ring (bicyclic) bond motifs is 3. The second-order valence-corrected chi connectivity index (χ2v) is 10.7. The van der Waals surface area contributed by atoms with Gasteiger partial charge < -0.3 is 15.3 Å². The number of nitrogens with one attached hydrogen (secondary N) is 1. The van der Waals surface area contributed by atoms with Crippen molar-refractivity contribution in [3.05, 3.63) is 42.2 Å². The number of terminal acetylenes is 1. The van der Waals surface area contributed by atoms with Crippen LogP contribution in [0.2, 0.25) is 0 Å². The minimum absolute atomic E-state index is 0.171. The Hall–Kier alpha value is -3.48. The summed E-state index contributed by atoms with van der Waals surface area (Å²) in [5.74, 6) is 3.30. The molecule has 2 fully saturated rings. The van der Waals surface area contributed by atoms with Crippen LogP contribution in [0.25, 0.3) is 27.5 Å². The van der Waals surface area contributed by atoms with E-state index in [-0.39, 0.29) is 12.1 Å². The first kappa shape index (κ1) is 22.0. The Kier molecular flexibility index (Phi) is 5.43. The molecule has 6 rings (SSSR count). The molecule has 2 N–H and O–H groups in total. The predicted octanol–water partition coefficient (Wildman–Crippen LogP) is 3.92. The maximum Gasteiger partial charge on any atom is 0.208 e. The van der Waals surface area contributed by atoms with Crippen LogP contribution in [0.5, 0.6) is 0 Å². The highest BCUT2D eigenvalue weighted by molar-refractivity contribution is 7.18. The number of aliphatic hydroxyl groups is 1. The second-order valence-electron chi connectivity index (χ2n) is 9.74. The van der Waals surface area contributed by atoms with E-state index in [0.717, 1.165) is 69.8 Å². The molecular formula is C26H27N7OS. The van der Waals surface area contributed by atoms with Crippen molar-refractivity contribution < 1.29 is 5.11 Å². The molecule has 1 aliphatic heterocycles. The maximum atomic E-state index is 10.4. The van der Waals surface area contributed by atoms with Gasteiger partial charge >= 0.3 is 0 Å². The van der Waals surface area contributed by atoms with Crippen LogP contribution in [-0.4, -0.2) is 55.1 Å². The van der Waals surface area contributed by atoms with Crippen molar-refractivity contribution in [1.29, 1.82) is 0 Å². The summed E-state index contributed by atoms with van der Waals surface area (Å²) in [6.07, 6.45) is 11.1. The van der Waals surface area contributed by atoms with Crippen molar-refractivity contribution in [2.45, 2.75) is 38.8 Å². The van der Waals surface area contributed by atoms with Crippen molar-refractivity contribution >= 4 is 27.7 Å². The zero-order valence-electron chi connectivity index (χ0n) is 19.7. The van der Waals surface area contributed by atoms with Crippen LogP contribution in [0.4, 0.5) is 10.8 Å². The fraction of sp³-hybridized carbons (Fsp3) is 0.385. The van der Waals surface area contributed by atoms with Gasteiger partial charge in [0.25, 0.3) is 0 Å². The van der Waals surface area contributed by atoms with Gasteiger partial charge in [-0.25, -0.2) is 4.52 Å². The first-order valence-electron chi connectivity index (χ1n) is 12.0. The van der Waals surface area contributed by atoms with E-state index in [9.17, 15) is 5.11 Å². The van der Waals surface area contributed by atoms with Crippen LogP contribution in [0.3, 0.4) is 0 Å². The SMILES string of the molecule is C#Cc1cnn2c(-c3cc(NC(C)C)c(-c4nnc(N5CC6CCC(C5)C6O)s4)cn3)ccc2c1. The second kappa shape index (κ2) is 8.63. The molecule has 4 aromatic rings. The van der Waals surface area contributed by atoms with Gasteiger partial charge in [0.1, 0.15) is 0 Å². The molecule has 9 heteroatoms. The van der Waals surface area contributed by atoms with Crippen molar-refractivity contribution in [3.8, 4) is 34.3 Å². The van der Waals surface area contributed by atoms with Crippen molar-refractivity contribution in [1.82, 2.24) is 24.8 Å². The third-order valence-electron chi connectivity index (χ3n) is 6.98. The van der Waals surface area contributed by atoms with E-state index in [2.05, 4.69) is 45.3 Å². The zero-order chi connectivity index (χ0) is 24.1. The maximum absolute atomic E-state index is 10.4. The topological polar surface area (TPSA) is 91.5 Å². The van der Waals surface area contributed by atoms with E-state index in [0.29, 0.717) is 11.8 Å². The lowest BCUT2D eigenvalue weighted by atomic mass is 9.96. The molecule has 0 aromatic carbocycles. The minimum atomic E-state index is -0.171. The van der Waals surface area contributed by atoms with E-state index < -0.39 is 0 Å². The van der Waals surface area contributed by atoms with Crippen LogP contribution >= 0.6 is 11.3 Å². The van der Waals surface area contributed by atoms with Crippen molar-refractivity contribution in [2.24, 2.45) is 11.8 Å². The summed E-state index contributed by atoms with van der Waals surface area (Å²) in [5, 5.41) is 29.2. The van der Waals surface area contributed by atoms with Gasteiger partial charge in [-0.05, 0) is 51.0 Å². The number of hydrogen-bond donors (Lipinski definition) is 2. The monoisotopic (exact) mass is 485 g/mol. The Morgan fingerprint density at radius 2 is 1.94 bits per heavy atom. The molecule has 0 amide bonds. The highest BCUT2D eigenvalue weighted by Crippen LogP contribution is 2.41. The van der Waals surface area contributed by atoms with Gasteiger partial charge in [-0.1, -0.05) is 17.3 Å². The van der Waals surface area contributed by atoms with Crippen molar-refractivity contribution in [3.63, 3.8) is 0 Å². The molecule has 4 aromatic heterocycles. The number of hydrogen-bond acceptors (Lipinski definition) is 8. The zero-order valence-corrected chi connectivity index (χ0v) is 20.5. The number of nitrogens with zero attached hydrogens (tertiary/aromatic N) is 6. The first-order valence-corrected chi connectivity index (χ1v) is 12.8. The molecule has 1 saturated heterocycles. The van der Waals surface area contributed by atoms with Crippen LogP contribution in [0.15, 0.2) is 36.7 Å². The van der Waals surface area contributed by atoms with E-state index in [1.54, 1.807) is 17.5 Å². The molecule has 5 heterocycles. The Labute approximate surface area is 208 Å². The van der Waals surface area contributed by atoms with Crippen LogP contribution < -0.4 is 10.2 Å². The molecule has 2 atom stereocenters. The lowest BCUT2D eigenvalue weighted by Crippen LogP contribution is -2.44. The van der Waals surface area contributed by atoms with Gasteiger partial charge in [-0.15, -0.1) is 16.6 Å². The summed E-state index contributed by atoms with van der Waals surface area (Å²) >= 11 is 1.58. The lowest BCUT2D eigenvalue weighted by Gasteiger charge is -2.34. The van der Waals surface area contributed by atoms with Crippen LogP contribution in [0.1, 0.15) is 32.3 Å². The number of rotatable bonds is 5. The molecule has 2 aliphatic rings. The molecule has 1 aliphatic carbocycles. The highest BCUT2D eigenvalue weighted by atomic mass is 32.1. The third-order valence-corrected chi connectivity index (χ3v) is 7.99. The summed E-state index contributed by atoms with van der Waals surface area (Å²) in [7, 11) is 0. The van der Waals surface area contributed by atoms with Gasteiger partial charge in [0.05, 0.1) is 34.8 Å². The van der Waals surface area contributed by atoms with Crippen molar-refractivity contribution in [2.75, 3.05) is 23.3 Å². The Morgan fingerprint density at radius 1 is 1.14 bits per heavy atom. The third kappa shape index (κ3) is 3.93. The fourth-order valence-corrected chi connectivity index (χ4v) is 6.16. The molecule has 0 radical (unpaired) electrons. The van der Waals surface area contributed by atoms with Gasteiger partial charge in [0.2, 0.25) is 5.13 Å². The smallest absolute Gasteiger partial charge is 0.208 e. The summed E-state index contributed by atoms with van der Waals surface area (Å²) in [6.45, 7) is 5.91. The predicted molar refractivity (Wildman–Crippen MR) is 138 cm³/mol. The number of anilines is 2. The largest absolute Gasteiger partial charge is 0.392 e. The summed E-state index contributed by atoms with van der Waals surface area (Å²) in [5.41, 5.74) is 5.25. The lowest BCUT2D eigenvalue weighted by molar-refractivity contribution is 0.0792. The first-order chi connectivity index (χ1) is 17.0. The number of piperidine rings is 1. The Bertz CT molecular complexity index is 1420.